The molecule has 2 N–H and O–H groups in total. The summed E-state index contributed by atoms with van der Waals surface area (Å²) in [5.74, 6) is 0. The van der Waals surface area contributed by atoms with Gasteiger partial charge in [0.15, 0.2) is 0 Å². The molecule has 1 aromatic carbocycles. The van der Waals surface area contributed by atoms with Crippen LogP contribution in [0.3, 0.4) is 0 Å². The predicted octanol–water partition coefficient (Wildman–Crippen LogP) is 5.31. The minimum absolute atomic E-state index is 0.140. The zero-order valence-corrected chi connectivity index (χ0v) is 17.6. The van der Waals surface area contributed by atoms with Crippen LogP contribution in [0.5, 0.6) is 0 Å². The molecule has 2 aliphatic heterocycles. The van der Waals surface area contributed by atoms with E-state index in [0.717, 1.165) is 24.6 Å². The largest absolute Gasteiger partial charge is 0.344 e. The van der Waals surface area contributed by atoms with Crippen molar-refractivity contribution < 1.29 is 4.79 Å². The SMILES string of the molecule is CCC=CCCNC(=O)Nc1ccc2c(ccn2C2CCN3CCCCC3C2)c1. The molecule has 2 fully saturated rings. The van der Waals surface area contributed by atoms with Gasteiger partial charge >= 0.3 is 6.03 Å². The Bertz CT molecular complexity index is 856. The number of anilines is 1. The average Bonchev–Trinajstić information content (AvgIpc) is 3.16. The van der Waals surface area contributed by atoms with Crippen molar-refractivity contribution in [1.82, 2.24) is 14.8 Å². The molecule has 0 radical (unpaired) electrons. The van der Waals surface area contributed by atoms with Crippen LogP contribution in [-0.2, 0) is 0 Å². The number of carbonyl (C=O) groups is 1. The van der Waals surface area contributed by atoms with E-state index in [1.807, 2.05) is 6.07 Å². The van der Waals surface area contributed by atoms with Crippen molar-refractivity contribution in [3.63, 3.8) is 0 Å². The van der Waals surface area contributed by atoms with Crippen molar-refractivity contribution >= 4 is 22.6 Å². The minimum atomic E-state index is -0.140. The number of nitrogens with one attached hydrogen (secondary N) is 2. The van der Waals surface area contributed by atoms with Crippen molar-refractivity contribution in [3.05, 3.63) is 42.6 Å². The topological polar surface area (TPSA) is 49.3 Å². The fourth-order valence-electron chi connectivity index (χ4n) is 4.91. The lowest BCUT2D eigenvalue weighted by Gasteiger charge is -2.43. The lowest BCUT2D eigenvalue weighted by atomic mass is 9.90. The molecule has 5 heteroatoms. The van der Waals surface area contributed by atoms with E-state index in [1.54, 1.807) is 0 Å². The summed E-state index contributed by atoms with van der Waals surface area (Å²) in [6.07, 6.45) is 15.0. The molecule has 2 saturated heterocycles. The molecule has 156 valence electrons. The van der Waals surface area contributed by atoms with Gasteiger partial charge in [-0.3, -0.25) is 0 Å². The Morgan fingerprint density at radius 2 is 2.07 bits per heavy atom. The number of fused-ring (bicyclic) bond motifs is 2. The summed E-state index contributed by atoms with van der Waals surface area (Å²) in [5.41, 5.74) is 2.12. The molecule has 2 unspecified atom stereocenters. The Kier molecular flexibility index (Phi) is 6.55. The zero-order chi connectivity index (χ0) is 20.1. The Morgan fingerprint density at radius 1 is 1.14 bits per heavy atom. The monoisotopic (exact) mass is 394 g/mol. The molecule has 4 rings (SSSR count). The molecule has 2 atom stereocenters. The molecule has 0 aliphatic carbocycles. The van der Waals surface area contributed by atoms with Gasteiger partial charge in [-0.15, -0.1) is 0 Å². The Hall–Kier alpha value is -2.27. The summed E-state index contributed by atoms with van der Waals surface area (Å²) >= 11 is 0. The highest BCUT2D eigenvalue weighted by Gasteiger charge is 2.31. The minimum Gasteiger partial charge on any atom is -0.344 e. The van der Waals surface area contributed by atoms with Crippen molar-refractivity contribution in [2.45, 2.75) is 64.0 Å². The first-order valence-corrected chi connectivity index (χ1v) is 11.3. The van der Waals surface area contributed by atoms with Crippen molar-refractivity contribution in [1.29, 1.82) is 0 Å². The van der Waals surface area contributed by atoms with Gasteiger partial charge in [0.05, 0.1) is 0 Å². The van der Waals surface area contributed by atoms with Crippen LogP contribution in [0.4, 0.5) is 10.5 Å². The van der Waals surface area contributed by atoms with Crippen LogP contribution in [-0.4, -0.2) is 41.2 Å². The summed E-state index contributed by atoms with van der Waals surface area (Å²) in [6.45, 7) is 5.28. The Balaban J connectivity index is 1.37. The van der Waals surface area contributed by atoms with Gasteiger partial charge in [-0.05, 0) is 69.3 Å². The second-order valence-electron chi connectivity index (χ2n) is 8.41. The van der Waals surface area contributed by atoms with Crippen molar-refractivity contribution in [3.8, 4) is 0 Å². The maximum absolute atomic E-state index is 12.1. The summed E-state index contributed by atoms with van der Waals surface area (Å²) < 4.78 is 2.46. The van der Waals surface area contributed by atoms with Crippen LogP contribution in [0.15, 0.2) is 42.6 Å². The van der Waals surface area contributed by atoms with Gasteiger partial charge in [-0.25, -0.2) is 4.79 Å². The van der Waals surface area contributed by atoms with E-state index in [1.165, 1.54) is 56.1 Å². The molecular weight excluding hydrogens is 360 g/mol. The summed E-state index contributed by atoms with van der Waals surface area (Å²) in [7, 11) is 0. The number of carbonyl (C=O) groups excluding carboxylic acids is 1. The number of hydrogen-bond donors (Lipinski definition) is 2. The number of benzene rings is 1. The average molecular weight is 395 g/mol. The van der Waals surface area contributed by atoms with Gasteiger partial charge in [-0.1, -0.05) is 25.5 Å². The van der Waals surface area contributed by atoms with E-state index in [2.05, 4.69) is 63.6 Å². The van der Waals surface area contributed by atoms with Crippen LogP contribution in [0.2, 0.25) is 0 Å². The molecule has 0 saturated carbocycles. The third-order valence-corrected chi connectivity index (χ3v) is 6.41. The lowest BCUT2D eigenvalue weighted by molar-refractivity contribution is 0.0828. The highest BCUT2D eigenvalue weighted by atomic mass is 16.2. The molecule has 5 nitrogen and oxygen atoms in total. The Labute approximate surface area is 174 Å². The predicted molar refractivity (Wildman–Crippen MR) is 120 cm³/mol. The van der Waals surface area contributed by atoms with E-state index in [0.29, 0.717) is 12.6 Å². The number of hydrogen-bond acceptors (Lipinski definition) is 2. The number of piperidine rings is 2. The second kappa shape index (κ2) is 9.49. The second-order valence-corrected chi connectivity index (χ2v) is 8.41. The smallest absolute Gasteiger partial charge is 0.319 e. The first kappa shape index (κ1) is 20.0. The van der Waals surface area contributed by atoms with Gasteiger partial charge in [0, 0.05) is 48.0 Å². The third kappa shape index (κ3) is 4.84. The van der Waals surface area contributed by atoms with Gasteiger partial charge < -0.3 is 20.1 Å². The van der Waals surface area contributed by atoms with Gasteiger partial charge in [0.2, 0.25) is 0 Å². The lowest BCUT2D eigenvalue weighted by Crippen LogP contribution is -2.45. The summed E-state index contributed by atoms with van der Waals surface area (Å²) in [5, 5.41) is 7.07. The maximum Gasteiger partial charge on any atom is 0.319 e. The Morgan fingerprint density at radius 3 is 2.97 bits per heavy atom. The standard InChI is InChI=1S/C24H34N4O/c1-2-3-4-6-13-25-24(29)26-20-9-10-23-19(17-20)11-16-28(23)22-12-15-27-14-7-5-8-21(27)18-22/h3-4,9-11,16-17,21-22H,2,5-8,12-15,18H2,1H3,(H2,25,26,29). The molecule has 2 aromatic rings. The number of urea groups is 1. The summed E-state index contributed by atoms with van der Waals surface area (Å²) in [4.78, 5) is 14.8. The molecule has 2 aliphatic rings. The number of nitrogens with zero attached hydrogens (tertiary/aromatic N) is 2. The fraction of sp³-hybridized carbons (Fsp3) is 0.542. The van der Waals surface area contributed by atoms with Crippen LogP contribution in [0.25, 0.3) is 10.9 Å². The maximum atomic E-state index is 12.1. The van der Waals surface area contributed by atoms with Crippen LogP contribution < -0.4 is 10.6 Å². The molecule has 29 heavy (non-hydrogen) atoms. The molecule has 0 spiro atoms. The van der Waals surface area contributed by atoms with Crippen LogP contribution >= 0.6 is 0 Å². The normalized spacial score (nSPS) is 22.7. The third-order valence-electron chi connectivity index (χ3n) is 6.41. The number of amides is 2. The van der Waals surface area contributed by atoms with Crippen molar-refractivity contribution in [2.75, 3.05) is 25.0 Å². The number of aromatic nitrogens is 1. The van der Waals surface area contributed by atoms with Crippen LogP contribution in [0.1, 0.15) is 57.9 Å². The fourth-order valence-corrected chi connectivity index (χ4v) is 4.91. The van der Waals surface area contributed by atoms with Gasteiger partial charge in [0.1, 0.15) is 0 Å². The van der Waals surface area contributed by atoms with E-state index in [-0.39, 0.29) is 6.03 Å². The number of rotatable bonds is 6. The van der Waals surface area contributed by atoms with Crippen molar-refractivity contribution in [2.24, 2.45) is 0 Å². The number of allylic oxidation sites excluding steroid dienone is 1. The molecule has 1 aromatic heterocycles. The first-order valence-electron chi connectivity index (χ1n) is 11.3. The molecular formula is C24H34N4O. The highest BCUT2D eigenvalue weighted by molar-refractivity contribution is 5.93. The van der Waals surface area contributed by atoms with E-state index in [4.69, 9.17) is 0 Å². The van der Waals surface area contributed by atoms with Crippen LogP contribution in [0, 0.1) is 0 Å². The van der Waals surface area contributed by atoms with Gasteiger partial charge in [-0.2, -0.15) is 0 Å². The highest BCUT2D eigenvalue weighted by Crippen LogP contribution is 2.35. The zero-order valence-electron chi connectivity index (χ0n) is 17.6. The van der Waals surface area contributed by atoms with E-state index >= 15 is 0 Å². The van der Waals surface area contributed by atoms with E-state index < -0.39 is 0 Å². The molecule has 2 amide bonds. The summed E-state index contributed by atoms with van der Waals surface area (Å²) in [6, 6.07) is 9.65. The van der Waals surface area contributed by atoms with Gasteiger partial charge in [0.25, 0.3) is 0 Å². The first-order chi connectivity index (χ1) is 14.2. The molecule has 0 bridgehead atoms. The quantitative estimate of drug-likeness (QED) is 0.515. The molecule has 3 heterocycles. The van der Waals surface area contributed by atoms with E-state index in [9.17, 15) is 4.79 Å².